The summed E-state index contributed by atoms with van der Waals surface area (Å²) in [5.41, 5.74) is 1.97. The number of ether oxygens (including phenoxy) is 2. The maximum absolute atomic E-state index is 7.01. The Morgan fingerprint density at radius 1 is 0.409 bits per heavy atom. The van der Waals surface area contributed by atoms with E-state index in [1.807, 2.05) is 109 Å². The number of benzene rings is 4. The van der Waals surface area contributed by atoms with Gasteiger partial charge in [-0.05, 0) is 93.7 Å². The lowest BCUT2D eigenvalue weighted by atomic mass is 9.84. The standard InChI is InChI=1S/C36H26Cl4O2S2/c37-29-13-5-25(6-14-29)35(33-3-1-23-43-33,26-7-15-30(38)16-8-26)41-21-22-42-36(34-4-2-24-44-34,27-9-17-31(39)18-10-27)28-11-19-32(40)20-12-28/h1-20,23-24H,21-22H2. The Kier molecular flexibility index (Phi) is 9.82. The predicted molar refractivity (Wildman–Crippen MR) is 186 cm³/mol. The first-order chi connectivity index (χ1) is 21.4. The molecule has 0 N–H and O–H groups in total. The summed E-state index contributed by atoms with van der Waals surface area (Å²) >= 11 is 28.6. The van der Waals surface area contributed by atoms with Crippen LogP contribution in [0.2, 0.25) is 20.1 Å². The van der Waals surface area contributed by atoms with Crippen molar-refractivity contribution in [2.24, 2.45) is 0 Å². The zero-order valence-electron chi connectivity index (χ0n) is 23.3. The van der Waals surface area contributed by atoms with Gasteiger partial charge in [-0.3, -0.25) is 0 Å². The van der Waals surface area contributed by atoms with Gasteiger partial charge < -0.3 is 9.47 Å². The van der Waals surface area contributed by atoms with Gasteiger partial charge in [-0.2, -0.15) is 0 Å². The molecule has 0 unspecified atom stereocenters. The average molecular weight is 697 g/mol. The molecule has 0 radical (unpaired) electrons. The third-order valence-electron chi connectivity index (χ3n) is 7.46. The Hall–Kier alpha value is -2.64. The second-order valence-corrected chi connectivity index (χ2v) is 13.7. The van der Waals surface area contributed by atoms with Crippen molar-refractivity contribution in [3.8, 4) is 0 Å². The maximum Gasteiger partial charge on any atom is 0.152 e. The van der Waals surface area contributed by atoms with Crippen LogP contribution in [-0.2, 0) is 20.7 Å². The van der Waals surface area contributed by atoms with Crippen LogP contribution in [0.4, 0.5) is 0 Å². The summed E-state index contributed by atoms with van der Waals surface area (Å²) in [7, 11) is 0. The number of hydrogen-bond donors (Lipinski definition) is 0. The van der Waals surface area contributed by atoms with Crippen LogP contribution < -0.4 is 0 Å². The van der Waals surface area contributed by atoms with Gasteiger partial charge >= 0.3 is 0 Å². The molecule has 0 aliphatic carbocycles. The molecule has 2 aromatic heterocycles. The maximum atomic E-state index is 7.01. The van der Waals surface area contributed by atoms with Crippen LogP contribution in [0, 0.1) is 0 Å². The van der Waals surface area contributed by atoms with Gasteiger partial charge in [0, 0.05) is 29.8 Å². The molecule has 4 aromatic carbocycles. The zero-order chi connectivity index (χ0) is 30.6. The summed E-state index contributed by atoms with van der Waals surface area (Å²) < 4.78 is 14.0. The molecule has 0 aliphatic rings. The van der Waals surface area contributed by atoms with Gasteiger partial charge in [-0.15, -0.1) is 22.7 Å². The molecule has 0 aliphatic heterocycles. The van der Waals surface area contributed by atoms with Gasteiger partial charge in [0.25, 0.3) is 0 Å². The van der Waals surface area contributed by atoms with Crippen LogP contribution in [0.3, 0.4) is 0 Å². The molecular weight excluding hydrogens is 670 g/mol. The van der Waals surface area contributed by atoms with E-state index in [4.69, 9.17) is 55.9 Å². The van der Waals surface area contributed by atoms with E-state index in [-0.39, 0.29) is 13.2 Å². The third-order valence-corrected chi connectivity index (χ3v) is 10.4. The van der Waals surface area contributed by atoms with Gasteiger partial charge in [-0.1, -0.05) is 107 Å². The zero-order valence-corrected chi connectivity index (χ0v) is 27.9. The topological polar surface area (TPSA) is 18.5 Å². The summed E-state index contributed by atoms with van der Waals surface area (Å²) in [6, 6.07) is 39.4. The minimum atomic E-state index is -0.918. The molecule has 0 atom stereocenters. The summed E-state index contributed by atoms with van der Waals surface area (Å²) in [6.07, 6.45) is 0. The number of halogens is 4. The molecule has 0 spiro atoms. The molecule has 222 valence electrons. The third kappa shape index (κ3) is 6.24. The first-order valence-corrected chi connectivity index (χ1v) is 17.1. The Bertz CT molecular complexity index is 1540. The number of hydrogen-bond acceptors (Lipinski definition) is 4. The Labute approximate surface area is 285 Å². The van der Waals surface area contributed by atoms with E-state index in [9.17, 15) is 0 Å². The van der Waals surface area contributed by atoms with Crippen molar-refractivity contribution in [3.05, 3.63) is 184 Å². The molecule has 6 rings (SSSR count). The fourth-order valence-corrected chi connectivity index (χ4v) is 7.81. The van der Waals surface area contributed by atoms with Crippen molar-refractivity contribution >= 4 is 69.1 Å². The lowest BCUT2D eigenvalue weighted by Gasteiger charge is -2.37. The van der Waals surface area contributed by atoms with Crippen LogP contribution >= 0.6 is 69.1 Å². The highest BCUT2D eigenvalue weighted by atomic mass is 35.5. The Balaban J connectivity index is 1.41. The fraction of sp³-hybridized carbons (Fsp3) is 0.111. The average Bonchev–Trinajstić information content (AvgIpc) is 3.78. The molecule has 2 nitrogen and oxygen atoms in total. The molecule has 0 fully saturated rings. The van der Waals surface area contributed by atoms with Crippen molar-refractivity contribution in [2.45, 2.75) is 11.2 Å². The number of rotatable bonds is 11. The van der Waals surface area contributed by atoms with Crippen LogP contribution in [0.1, 0.15) is 32.0 Å². The first kappa shape index (κ1) is 31.3. The summed E-state index contributed by atoms with van der Waals surface area (Å²) in [6.45, 7) is 0.551. The second kappa shape index (κ2) is 13.8. The summed E-state index contributed by atoms with van der Waals surface area (Å²) in [5, 5.41) is 6.72. The normalized spacial score (nSPS) is 12.0. The Morgan fingerprint density at radius 3 is 0.909 bits per heavy atom. The highest BCUT2D eigenvalue weighted by Crippen LogP contribution is 2.45. The minimum absolute atomic E-state index is 0.275. The molecule has 0 saturated carbocycles. The van der Waals surface area contributed by atoms with Gasteiger partial charge in [0.05, 0.1) is 13.2 Å². The highest BCUT2D eigenvalue weighted by Gasteiger charge is 2.41. The number of thiophene rings is 2. The van der Waals surface area contributed by atoms with E-state index in [2.05, 4.69) is 22.9 Å². The fourth-order valence-electron chi connectivity index (χ4n) is 5.46. The van der Waals surface area contributed by atoms with Crippen LogP contribution in [-0.4, -0.2) is 13.2 Å². The van der Waals surface area contributed by atoms with Crippen molar-refractivity contribution in [2.75, 3.05) is 13.2 Å². The monoisotopic (exact) mass is 694 g/mol. The van der Waals surface area contributed by atoms with E-state index in [0.717, 1.165) is 32.0 Å². The lowest BCUT2D eigenvalue weighted by Crippen LogP contribution is -2.36. The molecule has 0 amide bonds. The van der Waals surface area contributed by atoms with Crippen LogP contribution in [0.5, 0.6) is 0 Å². The molecule has 8 heteroatoms. The first-order valence-electron chi connectivity index (χ1n) is 13.8. The van der Waals surface area contributed by atoms with Crippen LogP contribution in [0.15, 0.2) is 132 Å². The quantitative estimate of drug-likeness (QED) is 0.126. The van der Waals surface area contributed by atoms with Gasteiger partial charge in [-0.25, -0.2) is 0 Å². The molecule has 0 saturated heterocycles. The van der Waals surface area contributed by atoms with E-state index >= 15 is 0 Å². The van der Waals surface area contributed by atoms with Crippen LogP contribution in [0.25, 0.3) is 0 Å². The minimum Gasteiger partial charge on any atom is -0.358 e. The van der Waals surface area contributed by atoms with E-state index in [0.29, 0.717) is 20.1 Å². The molecule has 0 bridgehead atoms. The summed E-state index contributed by atoms with van der Waals surface area (Å²) in [4.78, 5) is 2.06. The highest BCUT2D eigenvalue weighted by molar-refractivity contribution is 7.10. The predicted octanol–water partition coefficient (Wildman–Crippen LogP) is 11.7. The smallest absolute Gasteiger partial charge is 0.152 e. The molecular formula is C36H26Cl4O2S2. The lowest BCUT2D eigenvalue weighted by molar-refractivity contribution is -0.0572. The van der Waals surface area contributed by atoms with Crippen molar-refractivity contribution in [3.63, 3.8) is 0 Å². The second-order valence-electron chi connectivity index (χ2n) is 10.0. The van der Waals surface area contributed by atoms with Crippen molar-refractivity contribution in [1.82, 2.24) is 0 Å². The van der Waals surface area contributed by atoms with Gasteiger partial charge in [0.15, 0.2) is 11.2 Å². The molecule has 2 heterocycles. The molecule has 44 heavy (non-hydrogen) atoms. The van der Waals surface area contributed by atoms with E-state index in [1.165, 1.54) is 0 Å². The SMILES string of the molecule is Clc1ccc(C(OCCOC(c2ccc(Cl)cc2)(c2ccc(Cl)cc2)c2cccs2)(c2ccc(Cl)cc2)c2cccs2)cc1. The van der Waals surface area contributed by atoms with Crippen molar-refractivity contribution < 1.29 is 9.47 Å². The summed E-state index contributed by atoms with van der Waals surface area (Å²) in [5.74, 6) is 0. The van der Waals surface area contributed by atoms with E-state index in [1.54, 1.807) is 22.7 Å². The van der Waals surface area contributed by atoms with E-state index < -0.39 is 11.2 Å². The van der Waals surface area contributed by atoms with Gasteiger partial charge in [0.2, 0.25) is 0 Å². The largest absolute Gasteiger partial charge is 0.358 e. The Morgan fingerprint density at radius 2 is 0.682 bits per heavy atom. The van der Waals surface area contributed by atoms with Gasteiger partial charge in [0.1, 0.15) is 0 Å². The molecule has 6 aromatic rings. The van der Waals surface area contributed by atoms with Crippen molar-refractivity contribution in [1.29, 1.82) is 0 Å².